The number of hydrogen-bond acceptors (Lipinski definition) is 5. The Kier molecular flexibility index (Phi) is 3.74. The van der Waals surface area contributed by atoms with E-state index in [0.717, 1.165) is 27.2 Å². The van der Waals surface area contributed by atoms with Crippen LogP contribution in [0.2, 0.25) is 0 Å². The van der Waals surface area contributed by atoms with E-state index in [1.54, 1.807) is 6.07 Å². The van der Waals surface area contributed by atoms with Crippen molar-refractivity contribution in [1.82, 2.24) is 0 Å². The molecule has 2 bridgehead atoms. The molecule has 1 N–H and O–H groups in total. The van der Waals surface area contributed by atoms with Crippen molar-refractivity contribution >= 4 is 23.2 Å². The van der Waals surface area contributed by atoms with Crippen LogP contribution in [0.5, 0.6) is 0 Å². The molecule has 158 valence electrons. The molecule has 1 fully saturated rings. The maximum Gasteiger partial charge on any atom is 0.293 e. The average molecular weight is 426 g/mol. The number of hydrogen-bond donors (Lipinski definition) is 1. The third kappa shape index (κ3) is 2.04. The van der Waals surface area contributed by atoms with Gasteiger partial charge in [-0.3, -0.25) is 19.7 Å². The average Bonchev–Trinajstić information content (AvgIpc) is 3.09. The minimum absolute atomic E-state index is 0.0255. The van der Waals surface area contributed by atoms with Gasteiger partial charge >= 0.3 is 0 Å². The zero-order valence-corrected chi connectivity index (χ0v) is 16.8. The molecule has 2 amide bonds. The smallest absolute Gasteiger partial charge is 0.293 e. The summed E-state index contributed by atoms with van der Waals surface area (Å²) in [6, 6.07) is 21.0. The minimum Gasteiger partial charge on any atom is -0.395 e. The number of anilines is 1. The molecule has 2 atom stereocenters. The molecular formula is C25H18N2O5. The fourth-order valence-electron chi connectivity index (χ4n) is 6.24. The summed E-state index contributed by atoms with van der Waals surface area (Å²) in [5, 5.41) is 22.5. The Balaban J connectivity index is 1.64. The van der Waals surface area contributed by atoms with Crippen molar-refractivity contribution < 1.29 is 19.6 Å². The molecule has 3 aliphatic carbocycles. The van der Waals surface area contributed by atoms with Crippen molar-refractivity contribution in [3.63, 3.8) is 0 Å². The van der Waals surface area contributed by atoms with Gasteiger partial charge < -0.3 is 5.11 Å². The summed E-state index contributed by atoms with van der Waals surface area (Å²) in [7, 11) is 0. The van der Waals surface area contributed by atoms with Crippen LogP contribution in [0.1, 0.15) is 28.2 Å². The van der Waals surface area contributed by atoms with Crippen LogP contribution in [0.3, 0.4) is 0 Å². The number of amides is 2. The number of aliphatic hydroxyl groups excluding tert-OH is 1. The summed E-state index contributed by atoms with van der Waals surface area (Å²) in [4.78, 5) is 39.7. The molecule has 4 aliphatic rings. The summed E-state index contributed by atoms with van der Waals surface area (Å²) >= 11 is 0. The van der Waals surface area contributed by atoms with E-state index < -0.39 is 34.0 Å². The monoisotopic (exact) mass is 426 g/mol. The SMILES string of the molecule is O=C1[C@H]2C3c4ccccc4C(CO)(c4ccccc43)[C@H]2C(=O)N1c1ccccc1[N+](=O)[O-]. The zero-order chi connectivity index (χ0) is 22.2. The molecule has 1 aliphatic heterocycles. The quantitative estimate of drug-likeness (QED) is 0.394. The molecule has 3 aromatic rings. The molecule has 1 heterocycles. The molecule has 0 radical (unpaired) electrons. The minimum atomic E-state index is -1.09. The van der Waals surface area contributed by atoms with E-state index in [1.165, 1.54) is 18.2 Å². The van der Waals surface area contributed by atoms with E-state index in [4.69, 9.17) is 0 Å². The van der Waals surface area contributed by atoms with Crippen LogP contribution in [0.4, 0.5) is 11.4 Å². The van der Waals surface area contributed by atoms with Gasteiger partial charge in [0, 0.05) is 12.0 Å². The highest BCUT2D eigenvalue weighted by atomic mass is 16.6. The zero-order valence-electron chi connectivity index (χ0n) is 16.8. The standard InChI is InChI=1S/C25H18N2O5/c28-13-25-16-9-3-1-7-14(16)20(15-8-2-4-10-17(15)25)21-22(25)24(30)26(23(21)29)18-11-5-6-12-19(18)27(31)32/h1-12,20-22,28H,13H2/t20?,21-,22+,25?/m0/s1. The van der Waals surface area contributed by atoms with E-state index >= 15 is 0 Å². The van der Waals surface area contributed by atoms with Crippen LogP contribution < -0.4 is 4.90 Å². The first-order valence-electron chi connectivity index (χ1n) is 10.4. The van der Waals surface area contributed by atoms with E-state index in [2.05, 4.69) is 0 Å². The Morgan fingerprint density at radius 1 is 0.875 bits per heavy atom. The van der Waals surface area contributed by atoms with Gasteiger partial charge in [0.1, 0.15) is 5.69 Å². The van der Waals surface area contributed by atoms with Crippen LogP contribution in [-0.2, 0) is 15.0 Å². The summed E-state index contributed by atoms with van der Waals surface area (Å²) in [6.45, 7) is -0.349. The van der Waals surface area contributed by atoms with Crippen LogP contribution >= 0.6 is 0 Å². The number of para-hydroxylation sites is 2. The number of nitro groups is 1. The normalized spacial score (nSPS) is 27.2. The molecule has 1 saturated heterocycles. The molecule has 7 nitrogen and oxygen atoms in total. The number of carbonyl (C=O) groups is 2. The molecule has 7 rings (SSSR count). The Bertz CT molecular complexity index is 1290. The lowest BCUT2D eigenvalue weighted by molar-refractivity contribution is -0.384. The fraction of sp³-hybridized carbons (Fsp3) is 0.200. The lowest BCUT2D eigenvalue weighted by Gasteiger charge is -2.53. The number of nitrogens with zero attached hydrogens (tertiary/aromatic N) is 2. The Morgan fingerprint density at radius 2 is 1.44 bits per heavy atom. The molecule has 3 aromatic carbocycles. The van der Waals surface area contributed by atoms with Crippen LogP contribution in [0, 0.1) is 22.0 Å². The van der Waals surface area contributed by atoms with Crippen molar-refractivity contribution in [3.8, 4) is 0 Å². The Labute approximate surface area is 183 Å². The summed E-state index contributed by atoms with van der Waals surface area (Å²) < 4.78 is 0. The number of aliphatic hydroxyl groups is 1. The Hall–Kier alpha value is -3.84. The molecule has 0 unspecified atom stereocenters. The molecule has 0 spiro atoms. The first-order valence-corrected chi connectivity index (χ1v) is 10.4. The second-order valence-corrected chi connectivity index (χ2v) is 8.54. The van der Waals surface area contributed by atoms with Gasteiger partial charge in [0.05, 0.1) is 28.8 Å². The molecule has 7 heteroatoms. The van der Waals surface area contributed by atoms with Gasteiger partial charge in [-0.05, 0) is 28.3 Å². The van der Waals surface area contributed by atoms with Gasteiger partial charge in [0.2, 0.25) is 11.8 Å². The summed E-state index contributed by atoms with van der Waals surface area (Å²) in [5.74, 6) is -2.89. The van der Waals surface area contributed by atoms with E-state index in [-0.39, 0.29) is 23.9 Å². The van der Waals surface area contributed by atoms with Gasteiger partial charge in [-0.2, -0.15) is 0 Å². The molecule has 0 aromatic heterocycles. The summed E-state index contributed by atoms with van der Waals surface area (Å²) in [6.07, 6.45) is 0. The van der Waals surface area contributed by atoms with Crippen molar-refractivity contribution in [2.24, 2.45) is 11.8 Å². The third-order valence-corrected chi connectivity index (χ3v) is 7.36. The van der Waals surface area contributed by atoms with E-state index in [9.17, 15) is 24.8 Å². The fourth-order valence-corrected chi connectivity index (χ4v) is 6.24. The topological polar surface area (TPSA) is 101 Å². The van der Waals surface area contributed by atoms with Crippen LogP contribution in [0.15, 0.2) is 72.8 Å². The van der Waals surface area contributed by atoms with Gasteiger partial charge in [-0.15, -0.1) is 0 Å². The summed E-state index contributed by atoms with van der Waals surface area (Å²) in [5.41, 5.74) is 2.13. The van der Waals surface area contributed by atoms with E-state index in [0.29, 0.717) is 0 Å². The van der Waals surface area contributed by atoms with Gasteiger partial charge in [0.25, 0.3) is 5.69 Å². The first-order chi connectivity index (χ1) is 15.5. The predicted molar refractivity (Wildman–Crippen MR) is 115 cm³/mol. The van der Waals surface area contributed by atoms with Crippen LogP contribution in [0.25, 0.3) is 0 Å². The highest BCUT2D eigenvalue weighted by Gasteiger charge is 2.68. The highest BCUT2D eigenvalue weighted by Crippen LogP contribution is 2.64. The van der Waals surface area contributed by atoms with E-state index in [1.807, 2.05) is 48.5 Å². The number of benzene rings is 3. The molecule has 32 heavy (non-hydrogen) atoms. The van der Waals surface area contributed by atoms with Crippen molar-refractivity contribution in [1.29, 1.82) is 0 Å². The third-order valence-electron chi connectivity index (χ3n) is 7.36. The van der Waals surface area contributed by atoms with Gasteiger partial charge in [-0.1, -0.05) is 60.7 Å². The number of nitro benzene ring substituents is 1. The lowest BCUT2D eigenvalue weighted by Crippen LogP contribution is -2.55. The molecule has 0 saturated carbocycles. The highest BCUT2D eigenvalue weighted by molar-refractivity contribution is 6.24. The van der Waals surface area contributed by atoms with Crippen molar-refractivity contribution in [2.75, 3.05) is 11.5 Å². The maximum atomic E-state index is 13.9. The van der Waals surface area contributed by atoms with Crippen LogP contribution in [-0.4, -0.2) is 28.5 Å². The number of imide groups is 1. The predicted octanol–water partition coefficient (Wildman–Crippen LogP) is 3.14. The van der Waals surface area contributed by atoms with Gasteiger partial charge in [0.15, 0.2) is 0 Å². The number of rotatable bonds is 3. The van der Waals surface area contributed by atoms with Crippen molar-refractivity contribution in [2.45, 2.75) is 11.3 Å². The lowest BCUT2D eigenvalue weighted by atomic mass is 9.47. The number of carbonyl (C=O) groups excluding carboxylic acids is 2. The second kappa shape index (κ2) is 6.34. The first kappa shape index (κ1) is 18.9. The Morgan fingerprint density at radius 3 is 2.03 bits per heavy atom. The second-order valence-electron chi connectivity index (χ2n) is 8.54. The largest absolute Gasteiger partial charge is 0.395 e. The van der Waals surface area contributed by atoms with Gasteiger partial charge in [-0.25, -0.2) is 4.90 Å². The maximum absolute atomic E-state index is 13.9. The van der Waals surface area contributed by atoms with Crippen molar-refractivity contribution in [3.05, 3.63) is 105 Å². The molecular weight excluding hydrogens is 408 g/mol.